The van der Waals surface area contributed by atoms with Crippen LogP contribution in [0, 0.1) is 0 Å². The maximum Gasteiger partial charge on any atom is 0.0792 e. The van der Waals surface area contributed by atoms with Gasteiger partial charge in [-0.05, 0) is 39.6 Å². The van der Waals surface area contributed by atoms with Crippen molar-refractivity contribution in [3.63, 3.8) is 0 Å². The quantitative estimate of drug-likeness (QED) is 0.542. The monoisotopic (exact) mass is 296 g/mol. The number of rotatable bonds is 6. The lowest BCUT2D eigenvalue weighted by Crippen LogP contribution is -2.14. The number of fused-ring (bicyclic) bond motifs is 2. The molecule has 0 heterocycles. The van der Waals surface area contributed by atoms with E-state index in [-0.39, 0.29) is 6.61 Å². The lowest BCUT2D eigenvalue weighted by molar-refractivity contribution is 0.0441. The first-order valence-corrected chi connectivity index (χ1v) is 7.55. The standard InChI is InChI=1S/C19H20O3/c20-12-16(21)9-10-22-13-19-17-7-3-1-5-14(17)11-15-6-2-4-8-18(15)19/h1-8,11,16,20-21H,9-10,12-13H2. The summed E-state index contributed by atoms with van der Waals surface area (Å²) >= 11 is 0. The minimum Gasteiger partial charge on any atom is -0.394 e. The largest absolute Gasteiger partial charge is 0.394 e. The minimum atomic E-state index is -0.704. The van der Waals surface area contributed by atoms with Crippen molar-refractivity contribution >= 4 is 21.5 Å². The Balaban J connectivity index is 1.91. The van der Waals surface area contributed by atoms with Crippen LogP contribution in [-0.4, -0.2) is 29.5 Å². The van der Waals surface area contributed by atoms with Crippen LogP contribution in [0.1, 0.15) is 12.0 Å². The molecule has 2 N–H and O–H groups in total. The van der Waals surface area contributed by atoms with Crippen molar-refractivity contribution in [2.24, 2.45) is 0 Å². The predicted molar refractivity (Wildman–Crippen MR) is 88.8 cm³/mol. The molecule has 0 fully saturated rings. The summed E-state index contributed by atoms with van der Waals surface area (Å²) in [4.78, 5) is 0. The van der Waals surface area contributed by atoms with E-state index in [0.717, 1.165) is 0 Å². The summed E-state index contributed by atoms with van der Waals surface area (Å²) in [6.07, 6.45) is -0.261. The van der Waals surface area contributed by atoms with Gasteiger partial charge in [-0.25, -0.2) is 0 Å². The maximum atomic E-state index is 9.37. The fourth-order valence-corrected chi connectivity index (χ4v) is 2.75. The first-order valence-electron chi connectivity index (χ1n) is 7.55. The van der Waals surface area contributed by atoms with Crippen molar-refractivity contribution in [1.29, 1.82) is 0 Å². The topological polar surface area (TPSA) is 49.7 Å². The minimum absolute atomic E-state index is 0.222. The SMILES string of the molecule is OCC(O)CCOCc1c2ccccc2cc2ccccc12. The fourth-order valence-electron chi connectivity index (χ4n) is 2.75. The summed E-state index contributed by atoms with van der Waals surface area (Å²) in [6.45, 7) is 0.708. The molecule has 0 aliphatic carbocycles. The highest BCUT2D eigenvalue weighted by molar-refractivity contribution is 6.02. The van der Waals surface area contributed by atoms with Crippen molar-refractivity contribution in [2.45, 2.75) is 19.1 Å². The average molecular weight is 296 g/mol. The number of hydrogen-bond acceptors (Lipinski definition) is 3. The van der Waals surface area contributed by atoms with Crippen LogP contribution in [0.3, 0.4) is 0 Å². The summed E-state index contributed by atoms with van der Waals surface area (Å²) in [5.41, 5.74) is 1.17. The van der Waals surface area contributed by atoms with E-state index in [1.54, 1.807) is 0 Å². The molecule has 0 aromatic heterocycles. The van der Waals surface area contributed by atoms with Gasteiger partial charge >= 0.3 is 0 Å². The second kappa shape index (κ2) is 6.88. The Morgan fingerprint density at radius 2 is 1.50 bits per heavy atom. The van der Waals surface area contributed by atoms with E-state index in [1.165, 1.54) is 27.1 Å². The van der Waals surface area contributed by atoms with Gasteiger partial charge < -0.3 is 14.9 Å². The average Bonchev–Trinajstić information content (AvgIpc) is 2.57. The number of hydrogen-bond donors (Lipinski definition) is 2. The summed E-state index contributed by atoms with van der Waals surface area (Å²) in [6, 6.07) is 18.8. The third-order valence-electron chi connectivity index (χ3n) is 3.94. The first kappa shape index (κ1) is 15.0. The van der Waals surface area contributed by atoms with Crippen LogP contribution in [0.25, 0.3) is 21.5 Å². The molecule has 114 valence electrons. The maximum absolute atomic E-state index is 9.37. The van der Waals surface area contributed by atoms with E-state index < -0.39 is 6.10 Å². The number of aliphatic hydroxyl groups excluding tert-OH is 2. The molecule has 0 bridgehead atoms. The number of ether oxygens (including phenoxy) is 1. The Kier molecular flexibility index (Phi) is 4.68. The highest BCUT2D eigenvalue weighted by Crippen LogP contribution is 2.29. The van der Waals surface area contributed by atoms with Crippen LogP contribution in [-0.2, 0) is 11.3 Å². The van der Waals surface area contributed by atoms with Crippen molar-refractivity contribution < 1.29 is 14.9 Å². The van der Waals surface area contributed by atoms with Gasteiger partial charge in [0.15, 0.2) is 0 Å². The number of aliphatic hydroxyl groups is 2. The van der Waals surface area contributed by atoms with E-state index in [9.17, 15) is 5.11 Å². The summed E-state index contributed by atoms with van der Waals surface area (Å²) < 4.78 is 5.74. The molecule has 0 saturated carbocycles. The van der Waals surface area contributed by atoms with Crippen LogP contribution >= 0.6 is 0 Å². The van der Waals surface area contributed by atoms with Crippen LogP contribution in [0.5, 0.6) is 0 Å². The van der Waals surface area contributed by atoms with Gasteiger partial charge in [-0.15, -0.1) is 0 Å². The predicted octanol–water partition coefficient (Wildman–Crippen LogP) is 3.25. The van der Waals surface area contributed by atoms with Gasteiger partial charge in [0.25, 0.3) is 0 Å². The van der Waals surface area contributed by atoms with Crippen LogP contribution in [0.15, 0.2) is 54.6 Å². The Labute approximate surface area is 129 Å². The molecule has 0 saturated heterocycles. The molecular formula is C19H20O3. The zero-order valence-corrected chi connectivity index (χ0v) is 12.4. The third kappa shape index (κ3) is 3.12. The summed E-state index contributed by atoms with van der Waals surface area (Å²) in [5.74, 6) is 0. The molecule has 1 unspecified atom stereocenters. The molecule has 3 aromatic carbocycles. The van der Waals surface area contributed by atoms with Gasteiger partial charge in [-0.3, -0.25) is 0 Å². The van der Waals surface area contributed by atoms with Crippen molar-refractivity contribution in [1.82, 2.24) is 0 Å². The molecule has 0 aliphatic heterocycles. The molecular weight excluding hydrogens is 276 g/mol. The van der Waals surface area contributed by atoms with Crippen molar-refractivity contribution in [3.8, 4) is 0 Å². The molecule has 3 heteroatoms. The zero-order chi connectivity index (χ0) is 15.4. The van der Waals surface area contributed by atoms with Crippen molar-refractivity contribution in [2.75, 3.05) is 13.2 Å². The molecule has 3 rings (SSSR count). The Bertz CT molecular complexity index is 713. The van der Waals surface area contributed by atoms with Gasteiger partial charge in [-0.1, -0.05) is 48.5 Å². The number of benzene rings is 3. The second-order valence-corrected chi connectivity index (χ2v) is 5.48. The van der Waals surface area contributed by atoms with E-state index in [2.05, 4.69) is 30.3 Å². The molecule has 1 atom stereocenters. The molecule has 0 radical (unpaired) electrons. The van der Waals surface area contributed by atoms with E-state index in [0.29, 0.717) is 19.6 Å². The van der Waals surface area contributed by atoms with Gasteiger partial charge in [0.2, 0.25) is 0 Å². The molecule has 3 nitrogen and oxygen atoms in total. The van der Waals surface area contributed by atoms with Gasteiger partial charge in [0, 0.05) is 6.61 Å². The molecule has 0 aliphatic rings. The van der Waals surface area contributed by atoms with E-state index in [4.69, 9.17) is 9.84 Å². The normalized spacial score (nSPS) is 12.8. The highest BCUT2D eigenvalue weighted by atomic mass is 16.5. The van der Waals surface area contributed by atoms with Crippen LogP contribution in [0.4, 0.5) is 0 Å². The zero-order valence-electron chi connectivity index (χ0n) is 12.4. The molecule has 3 aromatic rings. The van der Waals surface area contributed by atoms with E-state index >= 15 is 0 Å². The lowest BCUT2D eigenvalue weighted by atomic mass is 9.97. The smallest absolute Gasteiger partial charge is 0.0792 e. The van der Waals surface area contributed by atoms with Crippen LogP contribution in [0.2, 0.25) is 0 Å². The van der Waals surface area contributed by atoms with Crippen molar-refractivity contribution in [3.05, 3.63) is 60.2 Å². The van der Waals surface area contributed by atoms with Gasteiger partial charge in [-0.2, -0.15) is 0 Å². The molecule has 22 heavy (non-hydrogen) atoms. The Morgan fingerprint density at radius 1 is 0.909 bits per heavy atom. The fraction of sp³-hybridized carbons (Fsp3) is 0.263. The van der Waals surface area contributed by atoms with Gasteiger partial charge in [0.05, 0.1) is 19.3 Å². The second-order valence-electron chi connectivity index (χ2n) is 5.48. The molecule has 0 amide bonds. The summed E-state index contributed by atoms with van der Waals surface area (Å²) in [5, 5.41) is 23.0. The van der Waals surface area contributed by atoms with Gasteiger partial charge in [0.1, 0.15) is 0 Å². The van der Waals surface area contributed by atoms with Crippen LogP contribution < -0.4 is 0 Å². The lowest BCUT2D eigenvalue weighted by Gasteiger charge is -2.13. The first-order chi connectivity index (χ1) is 10.8. The Morgan fingerprint density at radius 3 is 2.09 bits per heavy atom. The summed E-state index contributed by atoms with van der Waals surface area (Å²) in [7, 11) is 0. The molecule has 0 spiro atoms. The highest BCUT2D eigenvalue weighted by Gasteiger charge is 2.08. The van der Waals surface area contributed by atoms with E-state index in [1.807, 2.05) is 24.3 Å². The Hall–Kier alpha value is -1.94. The third-order valence-corrected chi connectivity index (χ3v) is 3.94.